The molecule has 0 aliphatic rings. The van der Waals surface area contributed by atoms with Crippen LogP contribution >= 0.6 is 0 Å². The molecular weight excluding hydrogens is 264 g/mol. The second-order valence-electron chi connectivity index (χ2n) is 4.27. The molecule has 0 radical (unpaired) electrons. The minimum atomic E-state index is -0.474. The second kappa shape index (κ2) is 6.83. The molecule has 2 rings (SSSR count). The SMILES string of the molecule is N#C/C(=C\C=C/c1ccccc1)c1cccc([N+](=O)[O-])c1. The Morgan fingerprint density at radius 3 is 2.57 bits per heavy atom. The molecule has 0 saturated heterocycles. The Morgan fingerprint density at radius 1 is 1.14 bits per heavy atom. The van der Waals surface area contributed by atoms with Gasteiger partial charge in [0.2, 0.25) is 0 Å². The van der Waals surface area contributed by atoms with Crippen LogP contribution in [0.15, 0.2) is 66.7 Å². The minimum Gasteiger partial charge on any atom is -0.258 e. The van der Waals surface area contributed by atoms with Gasteiger partial charge in [0.1, 0.15) is 0 Å². The topological polar surface area (TPSA) is 66.9 Å². The lowest BCUT2D eigenvalue weighted by Crippen LogP contribution is -1.89. The average molecular weight is 276 g/mol. The molecule has 4 nitrogen and oxygen atoms in total. The number of hydrogen-bond acceptors (Lipinski definition) is 3. The highest BCUT2D eigenvalue weighted by Crippen LogP contribution is 2.20. The van der Waals surface area contributed by atoms with Crippen molar-refractivity contribution >= 4 is 17.3 Å². The average Bonchev–Trinajstić information content (AvgIpc) is 2.52. The van der Waals surface area contributed by atoms with Crippen molar-refractivity contribution in [3.63, 3.8) is 0 Å². The zero-order valence-corrected chi connectivity index (χ0v) is 11.1. The van der Waals surface area contributed by atoms with E-state index in [1.165, 1.54) is 12.1 Å². The molecule has 21 heavy (non-hydrogen) atoms. The summed E-state index contributed by atoms with van der Waals surface area (Å²) in [4.78, 5) is 10.3. The highest BCUT2D eigenvalue weighted by atomic mass is 16.6. The molecule has 0 unspecified atom stereocenters. The Morgan fingerprint density at radius 2 is 1.90 bits per heavy atom. The summed E-state index contributed by atoms with van der Waals surface area (Å²) in [6.45, 7) is 0. The summed E-state index contributed by atoms with van der Waals surface area (Å²) in [6.07, 6.45) is 5.27. The standard InChI is InChI=1S/C17H12N2O2/c18-13-16(10-4-8-14-6-2-1-3-7-14)15-9-5-11-17(12-15)19(20)21/h1-12H/b8-4-,16-10+. The van der Waals surface area contributed by atoms with Crippen molar-refractivity contribution in [2.45, 2.75) is 0 Å². The Bertz CT molecular complexity index is 741. The molecule has 0 spiro atoms. The van der Waals surface area contributed by atoms with Gasteiger partial charge in [0.25, 0.3) is 5.69 Å². The minimum absolute atomic E-state index is 0.0271. The number of nitro groups is 1. The van der Waals surface area contributed by atoms with Crippen LogP contribution in [0.25, 0.3) is 11.6 Å². The molecule has 0 bridgehead atoms. The molecule has 0 N–H and O–H groups in total. The summed E-state index contributed by atoms with van der Waals surface area (Å²) in [7, 11) is 0. The van der Waals surface area contributed by atoms with Crippen LogP contribution < -0.4 is 0 Å². The molecule has 2 aromatic rings. The lowest BCUT2D eigenvalue weighted by Gasteiger charge is -1.98. The van der Waals surface area contributed by atoms with E-state index in [1.807, 2.05) is 36.4 Å². The van der Waals surface area contributed by atoms with E-state index in [2.05, 4.69) is 6.07 Å². The first-order chi connectivity index (χ1) is 10.2. The first kappa shape index (κ1) is 14.2. The summed E-state index contributed by atoms with van der Waals surface area (Å²) in [5, 5.41) is 19.9. The van der Waals surface area contributed by atoms with Crippen LogP contribution in [0.4, 0.5) is 5.69 Å². The van der Waals surface area contributed by atoms with E-state index in [0.717, 1.165) is 5.56 Å². The molecule has 0 amide bonds. The van der Waals surface area contributed by atoms with Crippen LogP contribution in [0, 0.1) is 21.4 Å². The fourth-order valence-electron chi connectivity index (χ4n) is 1.80. The molecule has 0 aliphatic carbocycles. The fourth-order valence-corrected chi connectivity index (χ4v) is 1.80. The molecule has 0 heterocycles. The van der Waals surface area contributed by atoms with E-state index in [4.69, 9.17) is 0 Å². The van der Waals surface area contributed by atoms with E-state index in [1.54, 1.807) is 24.3 Å². The van der Waals surface area contributed by atoms with Crippen LogP contribution in [0.3, 0.4) is 0 Å². The monoisotopic (exact) mass is 276 g/mol. The smallest absolute Gasteiger partial charge is 0.258 e. The van der Waals surface area contributed by atoms with Gasteiger partial charge in [-0.2, -0.15) is 5.26 Å². The molecule has 4 heteroatoms. The highest BCUT2D eigenvalue weighted by Gasteiger charge is 2.07. The zero-order chi connectivity index (χ0) is 15.1. The third-order valence-electron chi connectivity index (χ3n) is 2.84. The number of rotatable bonds is 4. The van der Waals surface area contributed by atoms with Crippen LogP contribution in [-0.4, -0.2) is 4.92 Å². The Kier molecular flexibility index (Phi) is 4.62. The number of allylic oxidation sites excluding steroid dienone is 3. The van der Waals surface area contributed by atoms with Gasteiger partial charge in [0.15, 0.2) is 0 Å². The number of hydrogen-bond donors (Lipinski definition) is 0. The third-order valence-corrected chi connectivity index (χ3v) is 2.84. The van der Waals surface area contributed by atoms with E-state index in [0.29, 0.717) is 11.1 Å². The van der Waals surface area contributed by atoms with Crippen molar-refractivity contribution in [2.75, 3.05) is 0 Å². The molecule has 102 valence electrons. The number of nitriles is 1. The Hall–Kier alpha value is -3.19. The molecule has 0 aliphatic heterocycles. The first-order valence-corrected chi connectivity index (χ1v) is 6.29. The largest absolute Gasteiger partial charge is 0.270 e. The molecular formula is C17H12N2O2. The maximum atomic E-state index is 10.8. The summed E-state index contributed by atoms with van der Waals surface area (Å²) in [5.41, 5.74) is 1.90. The second-order valence-corrected chi connectivity index (χ2v) is 4.27. The number of benzene rings is 2. The van der Waals surface area contributed by atoms with Crippen LogP contribution in [0.2, 0.25) is 0 Å². The third kappa shape index (κ3) is 3.88. The van der Waals surface area contributed by atoms with Gasteiger partial charge < -0.3 is 0 Å². The van der Waals surface area contributed by atoms with Gasteiger partial charge >= 0.3 is 0 Å². The van der Waals surface area contributed by atoms with Gasteiger partial charge in [0, 0.05) is 12.1 Å². The summed E-state index contributed by atoms with van der Waals surface area (Å²) in [5.74, 6) is 0. The van der Waals surface area contributed by atoms with Crippen molar-refractivity contribution < 1.29 is 4.92 Å². The van der Waals surface area contributed by atoms with Crippen molar-refractivity contribution in [1.29, 1.82) is 5.26 Å². The number of nitrogens with zero attached hydrogens (tertiary/aromatic N) is 2. The van der Waals surface area contributed by atoms with Crippen molar-refractivity contribution in [2.24, 2.45) is 0 Å². The molecule has 0 aromatic heterocycles. The lowest BCUT2D eigenvalue weighted by atomic mass is 10.1. The van der Waals surface area contributed by atoms with Gasteiger partial charge in [-0.15, -0.1) is 0 Å². The summed E-state index contributed by atoms with van der Waals surface area (Å²) in [6, 6.07) is 17.8. The molecule has 0 fully saturated rings. The molecule has 0 atom stereocenters. The van der Waals surface area contributed by atoms with Gasteiger partial charge in [-0.05, 0) is 17.2 Å². The normalized spacial score (nSPS) is 11.3. The maximum absolute atomic E-state index is 10.8. The van der Waals surface area contributed by atoms with Gasteiger partial charge in [-0.1, -0.05) is 54.6 Å². The number of non-ortho nitro benzene ring substituents is 1. The van der Waals surface area contributed by atoms with Crippen molar-refractivity contribution in [3.8, 4) is 6.07 Å². The van der Waals surface area contributed by atoms with Crippen LogP contribution in [0.1, 0.15) is 11.1 Å². The first-order valence-electron chi connectivity index (χ1n) is 6.29. The van der Waals surface area contributed by atoms with Crippen LogP contribution in [0.5, 0.6) is 0 Å². The summed E-state index contributed by atoms with van der Waals surface area (Å²) < 4.78 is 0. The Labute approximate surface area is 122 Å². The Balaban J connectivity index is 2.26. The van der Waals surface area contributed by atoms with E-state index in [9.17, 15) is 15.4 Å². The van der Waals surface area contributed by atoms with E-state index in [-0.39, 0.29) is 5.69 Å². The lowest BCUT2D eigenvalue weighted by molar-refractivity contribution is -0.384. The predicted octanol–water partition coefficient (Wildman–Crippen LogP) is 4.22. The van der Waals surface area contributed by atoms with Gasteiger partial charge in [-0.25, -0.2) is 0 Å². The fraction of sp³-hybridized carbons (Fsp3) is 0. The maximum Gasteiger partial charge on any atom is 0.270 e. The van der Waals surface area contributed by atoms with Crippen LogP contribution in [-0.2, 0) is 0 Å². The summed E-state index contributed by atoms with van der Waals surface area (Å²) >= 11 is 0. The predicted molar refractivity (Wildman–Crippen MR) is 82.2 cm³/mol. The van der Waals surface area contributed by atoms with Crippen molar-refractivity contribution in [1.82, 2.24) is 0 Å². The molecule has 2 aromatic carbocycles. The number of nitro benzene ring substituents is 1. The van der Waals surface area contributed by atoms with Crippen molar-refractivity contribution in [3.05, 3.63) is 88.0 Å². The van der Waals surface area contributed by atoms with E-state index >= 15 is 0 Å². The highest BCUT2D eigenvalue weighted by molar-refractivity contribution is 5.79. The molecule has 0 saturated carbocycles. The zero-order valence-electron chi connectivity index (χ0n) is 11.1. The quantitative estimate of drug-likeness (QED) is 0.363. The van der Waals surface area contributed by atoms with E-state index < -0.39 is 4.92 Å². The van der Waals surface area contributed by atoms with Gasteiger partial charge in [-0.3, -0.25) is 10.1 Å². The van der Waals surface area contributed by atoms with Gasteiger partial charge in [0.05, 0.1) is 16.6 Å².